The van der Waals surface area contributed by atoms with E-state index in [0.29, 0.717) is 35.3 Å². The number of aryl methyl sites for hydroxylation is 1. The van der Waals surface area contributed by atoms with Crippen LogP contribution in [0.4, 0.5) is 5.69 Å². The molecule has 0 radical (unpaired) electrons. The van der Waals surface area contributed by atoms with E-state index in [1.165, 1.54) is 0 Å². The summed E-state index contributed by atoms with van der Waals surface area (Å²) in [5, 5.41) is 19.4. The number of carbonyl (C=O) groups is 2. The number of benzene rings is 1. The summed E-state index contributed by atoms with van der Waals surface area (Å²) < 4.78 is 2.00. The van der Waals surface area contributed by atoms with E-state index in [-0.39, 0.29) is 5.91 Å². The van der Waals surface area contributed by atoms with Gasteiger partial charge in [0.2, 0.25) is 0 Å². The summed E-state index contributed by atoms with van der Waals surface area (Å²) in [7, 11) is 0. The van der Waals surface area contributed by atoms with Gasteiger partial charge >= 0.3 is 0 Å². The average Bonchev–Trinajstić information content (AvgIpc) is 3.16. The molecular formula is C25H30N4O3. The summed E-state index contributed by atoms with van der Waals surface area (Å²) in [6.07, 6.45) is 7.71. The van der Waals surface area contributed by atoms with E-state index in [9.17, 15) is 14.7 Å². The topological polar surface area (TPSA) is 97.1 Å². The number of nitrogens with zero attached hydrogens (tertiary/aromatic N) is 3. The lowest BCUT2D eigenvalue weighted by Crippen LogP contribution is -2.21. The van der Waals surface area contributed by atoms with Crippen LogP contribution < -0.4 is 5.32 Å². The smallest absolute Gasteiger partial charge is 0.274 e. The van der Waals surface area contributed by atoms with Crippen molar-refractivity contribution in [1.29, 1.82) is 0 Å². The second-order valence-electron chi connectivity index (χ2n) is 9.32. The van der Waals surface area contributed by atoms with Gasteiger partial charge in [0.15, 0.2) is 0 Å². The molecule has 7 heteroatoms. The van der Waals surface area contributed by atoms with Gasteiger partial charge in [0, 0.05) is 34.9 Å². The Balaban J connectivity index is 1.64. The summed E-state index contributed by atoms with van der Waals surface area (Å²) in [6, 6.07) is 9.33. The zero-order valence-corrected chi connectivity index (χ0v) is 18.8. The maximum absolute atomic E-state index is 12.8. The van der Waals surface area contributed by atoms with Crippen LogP contribution in [0.25, 0.3) is 10.9 Å². The summed E-state index contributed by atoms with van der Waals surface area (Å²) in [5.41, 5.74) is 1.87. The maximum Gasteiger partial charge on any atom is 0.274 e. The minimum absolute atomic E-state index is 0.297. The van der Waals surface area contributed by atoms with E-state index in [1.807, 2.05) is 36.0 Å². The quantitative estimate of drug-likeness (QED) is 0.555. The summed E-state index contributed by atoms with van der Waals surface area (Å²) >= 11 is 0. The number of aldehydes is 1. The lowest BCUT2D eigenvalue weighted by molar-refractivity contribution is -0.108. The third-order valence-electron chi connectivity index (χ3n) is 6.31. The van der Waals surface area contributed by atoms with Gasteiger partial charge in [0.1, 0.15) is 12.0 Å². The van der Waals surface area contributed by atoms with E-state index in [0.717, 1.165) is 48.6 Å². The Morgan fingerprint density at radius 3 is 2.66 bits per heavy atom. The predicted molar refractivity (Wildman–Crippen MR) is 124 cm³/mol. The van der Waals surface area contributed by atoms with Gasteiger partial charge in [-0.3, -0.25) is 9.48 Å². The van der Waals surface area contributed by atoms with Gasteiger partial charge in [-0.1, -0.05) is 6.07 Å². The molecule has 168 valence electrons. The Bertz CT molecular complexity index is 1140. The highest BCUT2D eigenvalue weighted by molar-refractivity contribution is 6.04. The lowest BCUT2D eigenvalue weighted by Gasteiger charge is -2.27. The highest BCUT2D eigenvalue weighted by atomic mass is 16.3. The van der Waals surface area contributed by atoms with Crippen LogP contribution in [-0.4, -0.2) is 32.1 Å². The van der Waals surface area contributed by atoms with E-state index < -0.39 is 5.60 Å². The van der Waals surface area contributed by atoms with Gasteiger partial charge in [-0.25, -0.2) is 4.98 Å². The molecule has 0 aliphatic heterocycles. The Kier molecular flexibility index (Phi) is 6.11. The molecule has 0 bridgehead atoms. The van der Waals surface area contributed by atoms with Crippen molar-refractivity contribution >= 4 is 28.8 Å². The number of nitrogens with one attached hydrogen (secondary N) is 1. The molecule has 2 heterocycles. The van der Waals surface area contributed by atoms with Gasteiger partial charge in [0.25, 0.3) is 5.91 Å². The standard InChI is InChI=1S/C25H30N4O3/c1-16-5-4-6-21(26-16)24(31)27-23-13-18-15-29(19-9-7-17(8-10-19)11-12-30)28-22(18)14-20(23)25(2,3)32/h4-6,12-15,17,19,32H,7-11H2,1-3H3,(H,27,31)/t17-,19-. The average molecular weight is 435 g/mol. The van der Waals surface area contributed by atoms with Crippen LogP contribution in [0.5, 0.6) is 0 Å². The van der Waals surface area contributed by atoms with Crippen LogP contribution in [0.1, 0.15) is 73.7 Å². The van der Waals surface area contributed by atoms with E-state index >= 15 is 0 Å². The zero-order chi connectivity index (χ0) is 22.9. The molecule has 0 atom stereocenters. The summed E-state index contributed by atoms with van der Waals surface area (Å²) in [6.45, 7) is 5.23. The Hall–Kier alpha value is -3.06. The molecule has 1 aromatic carbocycles. The first kappa shape index (κ1) is 22.1. The first-order valence-corrected chi connectivity index (χ1v) is 11.2. The minimum Gasteiger partial charge on any atom is -0.386 e. The molecule has 0 spiro atoms. The summed E-state index contributed by atoms with van der Waals surface area (Å²) in [4.78, 5) is 27.9. The van der Waals surface area contributed by atoms with Gasteiger partial charge < -0.3 is 15.2 Å². The van der Waals surface area contributed by atoms with Crippen LogP contribution in [0.15, 0.2) is 36.5 Å². The van der Waals surface area contributed by atoms with Crippen LogP contribution in [-0.2, 0) is 10.4 Å². The van der Waals surface area contributed by atoms with Gasteiger partial charge in [-0.15, -0.1) is 0 Å². The Labute approximate surface area is 187 Å². The van der Waals surface area contributed by atoms with Crippen molar-refractivity contribution in [3.63, 3.8) is 0 Å². The van der Waals surface area contributed by atoms with Crippen LogP contribution in [0, 0.1) is 12.8 Å². The lowest BCUT2D eigenvalue weighted by atomic mass is 9.84. The molecule has 1 fully saturated rings. The number of amides is 1. The molecule has 32 heavy (non-hydrogen) atoms. The third kappa shape index (κ3) is 4.72. The molecular weight excluding hydrogens is 404 g/mol. The van der Waals surface area contributed by atoms with E-state index in [4.69, 9.17) is 5.10 Å². The second-order valence-corrected chi connectivity index (χ2v) is 9.32. The second kappa shape index (κ2) is 8.82. The Morgan fingerprint density at radius 2 is 2.00 bits per heavy atom. The third-order valence-corrected chi connectivity index (χ3v) is 6.31. The number of anilines is 1. The molecule has 2 N–H and O–H groups in total. The minimum atomic E-state index is -1.16. The molecule has 1 amide bonds. The molecule has 1 aliphatic rings. The van der Waals surface area contributed by atoms with Gasteiger partial charge in [-0.2, -0.15) is 5.10 Å². The number of pyridine rings is 1. The monoisotopic (exact) mass is 434 g/mol. The first-order chi connectivity index (χ1) is 15.2. The molecule has 7 nitrogen and oxygen atoms in total. The molecule has 3 aromatic rings. The van der Waals surface area contributed by atoms with Crippen molar-refractivity contribution in [3.8, 4) is 0 Å². The number of carbonyl (C=O) groups excluding carboxylic acids is 2. The van der Waals surface area contributed by atoms with Crippen LogP contribution >= 0.6 is 0 Å². The maximum atomic E-state index is 12.8. The van der Waals surface area contributed by atoms with Crippen molar-refractivity contribution < 1.29 is 14.7 Å². The molecule has 1 aliphatic carbocycles. The van der Waals surface area contributed by atoms with Crippen molar-refractivity contribution in [2.75, 3.05) is 5.32 Å². The van der Waals surface area contributed by atoms with Crippen LogP contribution in [0.2, 0.25) is 0 Å². The molecule has 4 rings (SSSR count). The normalized spacial score (nSPS) is 19.1. The van der Waals surface area contributed by atoms with E-state index in [1.54, 1.807) is 26.0 Å². The van der Waals surface area contributed by atoms with E-state index in [2.05, 4.69) is 10.3 Å². The largest absolute Gasteiger partial charge is 0.386 e. The highest BCUT2D eigenvalue weighted by Crippen LogP contribution is 2.36. The fraction of sp³-hybridized carbons (Fsp3) is 0.440. The van der Waals surface area contributed by atoms with Crippen molar-refractivity contribution in [3.05, 3.63) is 53.5 Å². The Morgan fingerprint density at radius 1 is 1.25 bits per heavy atom. The van der Waals surface area contributed by atoms with Crippen LogP contribution in [0.3, 0.4) is 0 Å². The SMILES string of the molecule is Cc1cccc(C(=O)Nc2cc3cn([C@H]4CC[C@H](CC=O)CC4)nc3cc2C(C)(C)O)n1. The summed E-state index contributed by atoms with van der Waals surface area (Å²) in [5.74, 6) is 0.159. The predicted octanol–water partition coefficient (Wildman–Crippen LogP) is 4.54. The molecule has 0 unspecified atom stereocenters. The van der Waals surface area contributed by atoms with Gasteiger partial charge in [0.05, 0.1) is 17.2 Å². The number of aromatic nitrogens is 3. The van der Waals surface area contributed by atoms with Crippen molar-refractivity contribution in [2.24, 2.45) is 5.92 Å². The number of rotatable bonds is 6. The molecule has 0 saturated heterocycles. The number of hydrogen-bond acceptors (Lipinski definition) is 5. The number of hydrogen-bond donors (Lipinski definition) is 2. The fourth-order valence-corrected chi connectivity index (χ4v) is 4.52. The fourth-order valence-electron chi connectivity index (χ4n) is 4.52. The van der Waals surface area contributed by atoms with Crippen molar-refractivity contribution in [2.45, 2.75) is 64.5 Å². The highest BCUT2D eigenvalue weighted by Gasteiger charge is 2.26. The number of fused-ring (bicyclic) bond motifs is 1. The molecule has 1 saturated carbocycles. The van der Waals surface area contributed by atoms with Crippen molar-refractivity contribution in [1.82, 2.24) is 14.8 Å². The zero-order valence-electron chi connectivity index (χ0n) is 18.8. The molecule has 2 aromatic heterocycles. The van der Waals surface area contributed by atoms with Gasteiger partial charge in [-0.05, 0) is 76.6 Å². The first-order valence-electron chi connectivity index (χ1n) is 11.2. The number of aliphatic hydroxyl groups is 1.